The van der Waals surface area contributed by atoms with Crippen LogP contribution in [0.5, 0.6) is 0 Å². The summed E-state index contributed by atoms with van der Waals surface area (Å²) in [6.45, 7) is 5.96. The van der Waals surface area contributed by atoms with Crippen molar-refractivity contribution >= 4 is 23.3 Å². The van der Waals surface area contributed by atoms with Crippen molar-refractivity contribution in [3.8, 4) is 0 Å². The number of nitrogens with one attached hydrogen (secondary N) is 2. The van der Waals surface area contributed by atoms with Crippen LogP contribution in [-0.4, -0.2) is 56.2 Å². The summed E-state index contributed by atoms with van der Waals surface area (Å²) in [6, 6.07) is 17.5. The lowest BCUT2D eigenvalue weighted by Crippen LogP contribution is -2.51. The van der Waals surface area contributed by atoms with E-state index in [-0.39, 0.29) is 18.5 Å². The number of urea groups is 1. The highest BCUT2D eigenvalue weighted by molar-refractivity contribution is 5.91. The van der Waals surface area contributed by atoms with Gasteiger partial charge in [-0.25, -0.2) is 4.79 Å². The van der Waals surface area contributed by atoms with E-state index in [1.165, 1.54) is 0 Å². The molecule has 3 amide bonds. The average molecular weight is 396 g/mol. The van der Waals surface area contributed by atoms with Gasteiger partial charge in [-0.1, -0.05) is 30.3 Å². The average Bonchev–Trinajstić information content (AvgIpc) is 2.75. The number of piperazine rings is 1. The van der Waals surface area contributed by atoms with Crippen molar-refractivity contribution in [3.63, 3.8) is 0 Å². The number of carbonyl (C=O) groups excluding carboxylic acids is 2. The number of benzene rings is 2. The molecule has 7 heteroatoms. The molecule has 0 spiro atoms. The minimum atomic E-state index is -0.177. The molecule has 0 radical (unpaired) electrons. The van der Waals surface area contributed by atoms with Gasteiger partial charge in [-0.3, -0.25) is 4.79 Å². The van der Waals surface area contributed by atoms with Crippen LogP contribution in [0.15, 0.2) is 54.6 Å². The molecule has 1 aliphatic rings. The molecule has 1 saturated heterocycles. The minimum Gasteiger partial charge on any atom is -0.368 e. The van der Waals surface area contributed by atoms with Gasteiger partial charge in [0, 0.05) is 44.1 Å². The predicted molar refractivity (Wildman–Crippen MR) is 114 cm³/mol. The van der Waals surface area contributed by atoms with Crippen molar-refractivity contribution in [1.82, 2.24) is 10.2 Å². The lowest BCUT2D eigenvalue weighted by Gasteiger charge is -2.36. The molecule has 29 heavy (non-hydrogen) atoms. The zero-order valence-electron chi connectivity index (χ0n) is 16.8. The largest absolute Gasteiger partial charge is 0.368 e. The van der Waals surface area contributed by atoms with Gasteiger partial charge in [0.2, 0.25) is 5.91 Å². The maximum atomic E-state index is 12.1. The van der Waals surface area contributed by atoms with Crippen molar-refractivity contribution in [2.75, 3.05) is 49.5 Å². The number of rotatable bonds is 7. The number of hydrogen-bond acceptors (Lipinski definition) is 4. The molecule has 3 rings (SSSR count). The summed E-state index contributed by atoms with van der Waals surface area (Å²) in [5.74, 6) is -0.177. The molecule has 0 bridgehead atoms. The summed E-state index contributed by atoms with van der Waals surface area (Å²) >= 11 is 0. The summed E-state index contributed by atoms with van der Waals surface area (Å²) < 4.78 is 5.46. The molecule has 1 heterocycles. The van der Waals surface area contributed by atoms with Gasteiger partial charge in [0.05, 0.1) is 6.61 Å². The van der Waals surface area contributed by atoms with Gasteiger partial charge >= 0.3 is 6.03 Å². The second-order valence-electron chi connectivity index (χ2n) is 6.88. The second kappa shape index (κ2) is 10.5. The Morgan fingerprint density at radius 1 is 0.966 bits per heavy atom. The van der Waals surface area contributed by atoms with E-state index in [2.05, 4.69) is 15.5 Å². The third-order valence-corrected chi connectivity index (χ3v) is 4.76. The Kier molecular flexibility index (Phi) is 7.47. The van der Waals surface area contributed by atoms with Gasteiger partial charge in [0.1, 0.15) is 6.61 Å². The predicted octanol–water partition coefficient (Wildman–Crippen LogP) is 2.69. The summed E-state index contributed by atoms with van der Waals surface area (Å²) in [5.41, 5.74) is 2.86. The number of hydrogen-bond donors (Lipinski definition) is 2. The summed E-state index contributed by atoms with van der Waals surface area (Å²) in [5, 5.41) is 5.69. The van der Waals surface area contributed by atoms with Gasteiger partial charge in [-0.05, 0) is 36.8 Å². The Morgan fingerprint density at radius 3 is 2.31 bits per heavy atom. The molecule has 2 aromatic rings. The monoisotopic (exact) mass is 396 g/mol. The zero-order chi connectivity index (χ0) is 20.5. The molecule has 0 aliphatic carbocycles. The van der Waals surface area contributed by atoms with E-state index in [1.54, 1.807) is 0 Å². The third kappa shape index (κ3) is 6.22. The van der Waals surface area contributed by atoms with Crippen LogP contribution in [0.2, 0.25) is 0 Å². The molecule has 7 nitrogen and oxygen atoms in total. The van der Waals surface area contributed by atoms with E-state index in [4.69, 9.17) is 4.74 Å². The van der Waals surface area contributed by atoms with E-state index in [0.29, 0.717) is 26.2 Å². The number of carbonyl (C=O) groups is 2. The van der Waals surface area contributed by atoms with Crippen LogP contribution in [0.4, 0.5) is 16.2 Å². The van der Waals surface area contributed by atoms with Crippen LogP contribution < -0.4 is 15.5 Å². The maximum absolute atomic E-state index is 12.1. The normalized spacial score (nSPS) is 13.8. The van der Waals surface area contributed by atoms with Crippen molar-refractivity contribution in [3.05, 3.63) is 60.2 Å². The van der Waals surface area contributed by atoms with Crippen molar-refractivity contribution in [2.24, 2.45) is 0 Å². The summed E-state index contributed by atoms with van der Waals surface area (Å²) in [4.78, 5) is 28.0. The van der Waals surface area contributed by atoms with Gasteiger partial charge in [-0.15, -0.1) is 0 Å². The van der Waals surface area contributed by atoms with Crippen molar-refractivity contribution < 1.29 is 14.3 Å². The Labute approximate surface area is 171 Å². The molecule has 1 aliphatic heterocycles. The quantitative estimate of drug-likeness (QED) is 0.755. The van der Waals surface area contributed by atoms with Crippen molar-refractivity contribution in [1.29, 1.82) is 0 Å². The smallest absolute Gasteiger partial charge is 0.317 e. The van der Waals surface area contributed by atoms with Crippen LogP contribution in [0, 0.1) is 0 Å². The molecule has 2 aromatic carbocycles. The minimum absolute atomic E-state index is 0.000284. The summed E-state index contributed by atoms with van der Waals surface area (Å²) in [7, 11) is 0. The number of nitrogens with zero attached hydrogens (tertiary/aromatic N) is 2. The maximum Gasteiger partial charge on any atom is 0.317 e. The van der Waals surface area contributed by atoms with E-state index >= 15 is 0 Å². The number of anilines is 2. The molecule has 154 valence electrons. The third-order valence-electron chi connectivity index (χ3n) is 4.76. The highest BCUT2D eigenvalue weighted by Gasteiger charge is 2.20. The highest BCUT2D eigenvalue weighted by Crippen LogP contribution is 2.19. The zero-order valence-corrected chi connectivity index (χ0v) is 16.8. The summed E-state index contributed by atoms with van der Waals surface area (Å²) in [6.07, 6.45) is 0. The Balaban J connectivity index is 1.42. The van der Waals surface area contributed by atoms with Gasteiger partial charge in [-0.2, -0.15) is 0 Å². The molecule has 2 N–H and O–H groups in total. The standard InChI is InChI=1S/C22H28N4O3/c1-2-23-22(28)26-14-12-25(13-15-26)20-10-8-19(9-11-20)24-21(27)17-29-16-18-6-4-3-5-7-18/h3-11H,2,12-17H2,1H3,(H,23,28)(H,24,27). The molecule has 0 aromatic heterocycles. The second-order valence-corrected chi connectivity index (χ2v) is 6.88. The molecule has 0 unspecified atom stereocenters. The van der Waals surface area contributed by atoms with E-state index < -0.39 is 0 Å². The van der Waals surface area contributed by atoms with Gasteiger partial charge in [0.25, 0.3) is 0 Å². The van der Waals surface area contributed by atoms with Crippen LogP contribution in [0.25, 0.3) is 0 Å². The van der Waals surface area contributed by atoms with Crippen LogP contribution in [0.1, 0.15) is 12.5 Å². The Hall–Kier alpha value is -3.06. The molecule has 0 saturated carbocycles. The van der Waals surface area contributed by atoms with Crippen LogP contribution in [-0.2, 0) is 16.1 Å². The van der Waals surface area contributed by atoms with E-state index in [9.17, 15) is 9.59 Å². The number of ether oxygens (including phenoxy) is 1. The fraction of sp³-hybridized carbons (Fsp3) is 0.364. The first-order chi connectivity index (χ1) is 14.2. The molecule has 0 atom stereocenters. The number of amides is 3. The first kappa shape index (κ1) is 20.7. The fourth-order valence-electron chi connectivity index (χ4n) is 3.22. The van der Waals surface area contributed by atoms with Gasteiger partial charge < -0.3 is 25.2 Å². The topological polar surface area (TPSA) is 73.9 Å². The Morgan fingerprint density at radius 2 is 1.66 bits per heavy atom. The van der Waals surface area contributed by atoms with Crippen molar-refractivity contribution in [2.45, 2.75) is 13.5 Å². The van der Waals surface area contributed by atoms with E-state index in [1.807, 2.05) is 66.4 Å². The highest BCUT2D eigenvalue weighted by atomic mass is 16.5. The Bertz CT molecular complexity index is 787. The van der Waals surface area contributed by atoms with Crippen LogP contribution in [0.3, 0.4) is 0 Å². The molecular formula is C22H28N4O3. The lowest BCUT2D eigenvalue weighted by molar-refractivity contribution is -0.121. The van der Waals surface area contributed by atoms with E-state index in [0.717, 1.165) is 30.0 Å². The molecular weight excluding hydrogens is 368 g/mol. The first-order valence-corrected chi connectivity index (χ1v) is 9.95. The fourth-order valence-corrected chi connectivity index (χ4v) is 3.22. The molecule has 1 fully saturated rings. The van der Waals surface area contributed by atoms with Gasteiger partial charge in [0.15, 0.2) is 0 Å². The van der Waals surface area contributed by atoms with Crippen LogP contribution >= 0.6 is 0 Å². The lowest BCUT2D eigenvalue weighted by atomic mass is 10.2. The first-order valence-electron chi connectivity index (χ1n) is 9.95. The SMILES string of the molecule is CCNC(=O)N1CCN(c2ccc(NC(=O)COCc3ccccc3)cc2)CC1.